The van der Waals surface area contributed by atoms with Gasteiger partial charge in [0, 0.05) is 6.04 Å². The Balaban J connectivity index is 1.77. The number of guanidine groups is 1. The van der Waals surface area contributed by atoms with Gasteiger partial charge in [0.25, 0.3) is 0 Å². The Morgan fingerprint density at radius 1 is 1.11 bits per heavy atom. The molecule has 0 heterocycles. The monoisotopic (exact) mass is 253 g/mol. The first-order valence-corrected chi connectivity index (χ1v) is 7.47. The van der Waals surface area contributed by atoms with E-state index in [0.717, 1.165) is 25.7 Å². The molecule has 0 radical (unpaired) electrons. The fourth-order valence-corrected chi connectivity index (χ4v) is 3.10. The van der Waals surface area contributed by atoms with Crippen LogP contribution in [0.2, 0.25) is 0 Å². The molecule has 4 heteroatoms. The summed E-state index contributed by atoms with van der Waals surface area (Å²) in [6.45, 7) is 0.457. The summed E-state index contributed by atoms with van der Waals surface area (Å²) >= 11 is 0. The van der Waals surface area contributed by atoms with E-state index >= 15 is 0 Å². The fourth-order valence-electron chi connectivity index (χ4n) is 3.10. The predicted molar refractivity (Wildman–Crippen MR) is 74.5 cm³/mol. The third-order valence-corrected chi connectivity index (χ3v) is 4.29. The van der Waals surface area contributed by atoms with Crippen molar-refractivity contribution in [3.8, 4) is 0 Å². The van der Waals surface area contributed by atoms with E-state index in [9.17, 15) is 5.11 Å². The quantitative estimate of drug-likeness (QED) is 0.409. The van der Waals surface area contributed by atoms with Crippen molar-refractivity contribution in [2.45, 2.75) is 75.9 Å². The smallest absolute Gasteiger partial charge is 0.188 e. The molecule has 18 heavy (non-hydrogen) atoms. The highest BCUT2D eigenvalue weighted by atomic mass is 16.3. The van der Waals surface area contributed by atoms with Crippen LogP contribution in [0.15, 0.2) is 4.99 Å². The van der Waals surface area contributed by atoms with Gasteiger partial charge in [-0.25, -0.2) is 0 Å². The summed E-state index contributed by atoms with van der Waals surface area (Å²) in [5.74, 6) is 0.516. The number of rotatable bonds is 3. The van der Waals surface area contributed by atoms with Crippen molar-refractivity contribution in [2.24, 2.45) is 10.7 Å². The van der Waals surface area contributed by atoms with Crippen LogP contribution in [0.25, 0.3) is 0 Å². The van der Waals surface area contributed by atoms with Crippen molar-refractivity contribution < 1.29 is 5.11 Å². The molecule has 0 bridgehead atoms. The standard InChI is InChI=1S/C14H27N3O/c15-13(16-11-14(18)9-5-6-10-14)17-12-7-3-1-2-4-8-12/h12,18H,1-11H2,(H3,15,16,17). The molecule has 0 atom stereocenters. The van der Waals surface area contributed by atoms with Crippen LogP contribution in [0.4, 0.5) is 0 Å². The second-order valence-electron chi connectivity index (χ2n) is 5.97. The Bertz CT molecular complexity index is 277. The van der Waals surface area contributed by atoms with Gasteiger partial charge in [-0.05, 0) is 25.7 Å². The van der Waals surface area contributed by atoms with Crippen molar-refractivity contribution in [3.63, 3.8) is 0 Å². The Hall–Kier alpha value is -0.770. The minimum Gasteiger partial charge on any atom is -0.388 e. The average molecular weight is 253 g/mol. The lowest BCUT2D eigenvalue weighted by molar-refractivity contribution is 0.0574. The normalized spacial score (nSPS) is 25.9. The van der Waals surface area contributed by atoms with Gasteiger partial charge in [0.15, 0.2) is 5.96 Å². The average Bonchev–Trinajstić information content (AvgIpc) is 2.62. The van der Waals surface area contributed by atoms with E-state index in [-0.39, 0.29) is 0 Å². The molecule has 4 nitrogen and oxygen atoms in total. The van der Waals surface area contributed by atoms with Crippen molar-refractivity contribution in [1.82, 2.24) is 5.32 Å². The van der Waals surface area contributed by atoms with Gasteiger partial charge in [-0.15, -0.1) is 0 Å². The fraction of sp³-hybridized carbons (Fsp3) is 0.929. The van der Waals surface area contributed by atoms with Gasteiger partial charge in [-0.1, -0.05) is 38.5 Å². The summed E-state index contributed by atoms with van der Waals surface area (Å²) in [5.41, 5.74) is 5.33. The molecule has 0 aliphatic heterocycles. The van der Waals surface area contributed by atoms with Crippen LogP contribution in [0.3, 0.4) is 0 Å². The van der Waals surface area contributed by atoms with Crippen LogP contribution in [0, 0.1) is 0 Å². The lowest BCUT2D eigenvalue weighted by Gasteiger charge is -2.21. The van der Waals surface area contributed by atoms with E-state index in [1.165, 1.54) is 38.5 Å². The molecule has 2 fully saturated rings. The molecule has 4 N–H and O–H groups in total. The maximum absolute atomic E-state index is 10.2. The lowest BCUT2D eigenvalue weighted by Crippen LogP contribution is -2.41. The minimum absolute atomic E-state index is 0.457. The number of nitrogens with zero attached hydrogens (tertiary/aromatic N) is 1. The van der Waals surface area contributed by atoms with Crippen LogP contribution < -0.4 is 11.1 Å². The van der Waals surface area contributed by atoms with Gasteiger partial charge < -0.3 is 16.2 Å². The molecule has 0 saturated heterocycles. The maximum atomic E-state index is 10.2. The zero-order chi connectivity index (χ0) is 12.8. The highest BCUT2D eigenvalue weighted by Gasteiger charge is 2.30. The Kier molecular flexibility index (Phi) is 4.87. The molecule has 0 unspecified atom stereocenters. The second kappa shape index (κ2) is 6.41. The van der Waals surface area contributed by atoms with Crippen molar-refractivity contribution in [3.05, 3.63) is 0 Å². The van der Waals surface area contributed by atoms with Crippen LogP contribution >= 0.6 is 0 Å². The second-order valence-corrected chi connectivity index (χ2v) is 5.97. The van der Waals surface area contributed by atoms with Crippen molar-refractivity contribution in [1.29, 1.82) is 0 Å². The summed E-state index contributed by atoms with van der Waals surface area (Å²) < 4.78 is 0. The Morgan fingerprint density at radius 2 is 1.72 bits per heavy atom. The van der Waals surface area contributed by atoms with Crippen molar-refractivity contribution >= 4 is 5.96 Å². The zero-order valence-electron chi connectivity index (χ0n) is 11.3. The number of aliphatic imine (C=N–C) groups is 1. The molecule has 0 spiro atoms. The van der Waals surface area contributed by atoms with E-state index in [1.54, 1.807) is 0 Å². The summed E-state index contributed by atoms with van der Waals surface area (Å²) in [4.78, 5) is 4.34. The third-order valence-electron chi connectivity index (χ3n) is 4.29. The van der Waals surface area contributed by atoms with Crippen LogP contribution in [0.5, 0.6) is 0 Å². The molecule has 0 aromatic rings. The van der Waals surface area contributed by atoms with E-state index in [2.05, 4.69) is 10.3 Å². The summed E-state index contributed by atoms with van der Waals surface area (Å²) in [6, 6.07) is 0.481. The first-order chi connectivity index (χ1) is 8.68. The van der Waals surface area contributed by atoms with Gasteiger partial charge in [-0.3, -0.25) is 4.99 Å². The molecule has 0 amide bonds. The predicted octanol–water partition coefficient (Wildman–Crippen LogP) is 1.92. The Morgan fingerprint density at radius 3 is 2.33 bits per heavy atom. The number of hydrogen-bond acceptors (Lipinski definition) is 2. The summed E-state index contributed by atoms with van der Waals surface area (Å²) in [5, 5.41) is 13.5. The summed E-state index contributed by atoms with van der Waals surface area (Å²) in [7, 11) is 0. The first-order valence-electron chi connectivity index (χ1n) is 7.47. The summed E-state index contributed by atoms with van der Waals surface area (Å²) in [6.07, 6.45) is 11.6. The molecular weight excluding hydrogens is 226 g/mol. The van der Waals surface area contributed by atoms with E-state index in [1.807, 2.05) is 0 Å². The highest BCUT2D eigenvalue weighted by Crippen LogP contribution is 2.29. The molecule has 0 aromatic carbocycles. The number of nitrogens with one attached hydrogen (secondary N) is 1. The SMILES string of the molecule is NC(=NCC1(O)CCCC1)NC1CCCCCC1. The number of aliphatic hydroxyl groups is 1. The minimum atomic E-state index is -0.588. The molecule has 2 aliphatic carbocycles. The van der Waals surface area contributed by atoms with Crippen molar-refractivity contribution in [2.75, 3.05) is 6.54 Å². The molecule has 2 rings (SSSR count). The Labute approximate surface area is 110 Å². The first kappa shape index (κ1) is 13.7. The molecule has 0 aromatic heterocycles. The van der Waals surface area contributed by atoms with Gasteiger partial charge in [-0.2, -0.15) is 0 Å². The van der Waals surface area contributed by atoms with Crippen LogP contribution in [0.1, 0.15) is 64.2 Å². The van der Waals surface area contributed by atoms with E-state index in [0.29, 0.717) is 18.5 Å². The van der Waals surface area contributed by atoms with Crippen LogP contribution in [-0.2, 0) is 0 Å². The lowest BCUT2D eigenvalue weighted by atomic mass is 10.0. The maximum Gasteiger partial charge on any atom is 0.188 e. The number of hydrogen-bond donors (Lipinski definition) is 3. The molecule has 104 valence electrons. The third kappa shape index (κ3) is 4.16. The van der Waals surface area contributed by atoms with Gasteiger partial charge >= 0.3 is 0 Å². The van der Waals surface area contributed by atoms with Gasteiger partial charge in [0.05, 0.1) is 12.1 Å². The largest absolute Gasteiger partial charge is 0.388 e. The topological polar surface area (TPSA) is 70.6 Å². The van der Waals surface area contributed by atoms with E-state index < -0.39 is 5.60 Å². The van der Waals surface area contributed by atoms with Gasteiger partial charge in [0.1, 0.15) is 0 Å². The highest BCUT2D eigenvalue weighted by molar-refractivity contribution is 5.78. The van der Waals surface area contributed by atoms with Crippen LogP contribution in [-0.4, -0.2) is 29.3 Å². The molecule has 2 saturated carbocycles. The van der Waals surface area contributed by atoms with E-state index in [4.69, 9.17) is 5.73 Å². The van der Waals surface area contributed by atoms with Gasteiger partial charge in [0.2, 0.25) is 0 Å². The zero-order valence-corrected chi connectivity index (χ0v) is 11.3. The molecule has 2 aliphatic rings. The number of nitrogens with two attached hydrogens (primary N) is 1. The molecular formula is C14H27N3O.